The molecule has 0 aliphatic carbocycles. The molecule has 29 heavy (non-hydrogen) atoms. The third-order valence-electron chi connectivity index (χ3n) is 5.13. The fraction of sp³-hybridized carbons (Fsp3) is 0.455. The van der Waals surface area contributed by atoms with Crippen molar-refractivity contribution in [3.8, 4) is 6.07 Å². The molecule has 2 heterocycles. The minimum Gasteiger partial charge on any atom is -0.370 e. The van der Waals surface area contributed by atoms with Crippen LogP contribution in [-0.2, 0) is 11.2 Å². The molecule has 1 aromatic heterocycles. The highest BCUT2D eigenvalue weighted by molar-refractivity contribution is 5.74. The van der Waals surface area contributed by atoms with Crippen LogP contribution in [0.3, 0.4) is 0 Å². The number of aromatic nitrogens is 2. The van der Waals surface area contributed by atoms with E-state index < -0.39 is 0 Å². The molecule has 2 aromatic rings. The Bertz CT molecular complexity index is 891. The highest BCUT2D eigenvalue weighted by Crippen LogP contribution is 2.26. The van der Waals surface area contributed by atoms with Gasteiger partial charge in [-0.25, -0.2) is 4.98 Å². The van der Waals surface area contributed by atoms with Gasteiger partial charge >= 0.3 is 0 Å². The van der Waals surface area contributed by atoms with Crippen molar-refractivity contribution in [2.75, 3.05) is 23.3 Å². The Morgan fingerprint density at radius 3 is 3.00 bits per heavy atom. The predicted molar refractivity (Wildman–Crippen MR) is 114 cm³/mol. The first-order chi connectivity index (χ1) is 14.1. The molecule has 1 aromatic carbocycles. The summed E-state index contributed by atoms with van der Waals surface area (Å²) in [5.41, 5.74) is 7.77. The predicted octanol–water partition coefficient (Wildman–Crippen LogP) is 3.53. The SMILES string of the molecule is CCCCc1cc(N2CCCC(CC(N)=O)C2)nc(Nc2cccc(C#N)c2)n1. The van der Waals surface area contributed by atoms with Gasteiger partial charge in [-0.05, 0) is 49.8 Å². The van der Waals surface area contributed by atoms with E-state index in [1.807, 2.05) is 12.1 Å². The summed E-state index contributed by atoms with van der Waals surface area (Å²) in [7, 11) is 0. The Kier molecular flexibility index (Phi) is 7.01. The Hall–Kier alpha value is -3.14. The zero-order chi connectivity index (χ0) is 20.6. The minimum absolute atomic E-state index is 0.247. The van der Waals surface area contributed by atoms with Crippen molar-refractivity contribution in [2.24, 2.45) is 11.7 Å². The van der Waals surface area contributed by atoms with Crippen LogP contribution in [0.4, 0.5) is 17.5 Å². The highest BCUT2D eigenvalue weighted by atomic mass is 16.1. The van der Waals surface area contributed by atoms with E-state index in [1.165, 1.54) is 0 Å². The monoisotopic (exact) mass is 392 g/mol. The van der Waals surface area contributed by atoms with Gasteiger partial charge in [0.05, 0.1) is 11.6 Å². The van der Waals surface area contributed by atoms with Gasteiger partial charge in [-0.3, -0.25) is 4.79 Å². The molecule has 1 atom stereocenters. The Morgan fingerprint density at radius 2 is 2.24 bits per heavy atom. The largest absolute Gasteiger partial charge is 0.370 e. The lowest BCUT2D eigenvalue weighted by Crippen LogP contribution is -2.37. The number of anilines is 3. The van der Waals surface area contributed by atoms with E-state index in [9.17, 15) is 4.79 Å². The third kappa shape index (κ3) is 5.92. The molecule has 0 saturated carbocycles. The fourth-order valence-corrected chi connectivity index (χ4v) is 3.71. The molecule has 0 bridgehead atoms. The van der Waals surface area contributed by atoms with Gasteiger partial charge in [0, 0.05) is 37.0 Å². The van der Waals surface area contributed by atoms with Crippen LogP contribution in [0.25, 0.3) is 0 Å². The number of carbonyl (C=O) groups excluding carboxylic acids is 1. The molecule has 0 spiro atoms. The number of nitrogens with two attached hydrogens (primary N) is 1. The topological polar surface area (TPSA) is 108 Å². The third-order valence-corrected chi connectivity index (χ3v) is 5.13. The summed E-state index contributed by atoms with van der Waals surface area (Å²) in [6, 6.07) is 11.5. The summed E-state index contributed by atoms with van der Waals surface area (Å²) in [5.74, 6) is 1.42. The Labute approximate surface area is 172 Å². The minimum atomic E-state index is -0.247. The maximum atomic E-state index is 11.3. The number of nitriles is 1. The number of piperidine rings is 1. The molecule has 1 unspecified atom stereocenters. The molecule has 1 fully saturated rings. The van der Waals surface area contributed by atoms with Crippen LogP contribution in [0, 0.1) is 17.2 Å². The number of nitrogens with one attached hydrogen (secondary N) is 1. The zero-order valence-electron chi connectivity index (χ0n) is 16.9. The van der Waals surface area contributed by atoms with Crippen LogP contribution in [-0.4, -0.2) is 29.0 Å². The molecular weight excluding hydrogens is 364 g/mol. The van der Waals surface area contributed by atoms with Gasteiger partial charge in [-0.1, -0.05) is 19.4 Å². The number of primary amides is 1. The molecule has 7 nitrogen and oxygen atoms in total. The van der Waals surface area contributed by atoms with Crippen molar-refractivity contribution < 1.29 is 4.79 Å². The van der Waals surface area contributed by atoms with Gasteiger partial charge in [0.25, 0.3) is 0 Å². The second-order valence-electron chi connectivity index (χ2n) is 7.59. The van der Waals surface area contributed by atoms with Crippen LogP contribution in [0.1, 0.15) is 50.3 Å². The van der Waals surface area contributed by atoms with Crippen LogP contribution in [0.15, 0.2) is 30.3 Å². The second kappa shape index (κ2) is 9.87. The van der Waals surface area contributed by atoms with Gasteiger partial charge in [0.2, 0.25) is 11.9 Å². The Morgan fingerprint density at radius 1 is 1.38 bits per heavy atom. The fourth-order valence-electron chi connectivity index (χ4n) is 3.71. The van der Waals surface area contributed by atoms with E-state index in [-0.39, 0.29) is 11.8 Å². The Balaban J connectivity index is 1.84. The van der Waals surface area contributed by atoms with Gasteiger partial charge in [0.15, 0.2) is 0 Å². The first-order valence-corrected chi connectivity index (χ1v) is 10.3. The maximum absolute atomic E-state index is 11.3. The summed E-state index contributed by atoms with van der Waals surface area (Å²) < 4.78 is 0. The smallest absolute Gasteiger partial charge is 0.229 e. The van der Waals surface area contributed by atoms with Crippen molar-refractivity contribution in [3.63, 3.8) is 0 Å². The van der Waals surface area contributed by atoms with Crippen molar-refractivity contribution in [1.29, 1.82) is 5.26 Å². The van der Waals surface area contributed by atoms with Crippen LogP contribution >= 0.6 is 0 Å². The number of aryl methyl sites for hydroxylation is 1. The number of unbranched alkanes of at least 4 members (excludes halogenated alkanes) is 1. The van der Waals surface area contributed by atoms with Crippen molar-refractivity contribution in [2.45, 2.75) is 45.4 Å². The van der Waals surface area contributed by atoms with Gasteiger partial charge in [-0.15, -0.1) is 0 Å². The van der Waals surface area contributed by atoms with Crippen molar-refractivity contribution in [3.05, 3.63) is 41.6 Å². The average molecular weight is 393 g/mol. The standard InChI is InChI=1S/C22H28N6O/c1-2-3-8-19-13-21(28-10-5-7-17(15-28)12-20(24)29)27-22(26-19)25-18-9-4-6-16(11-18)14-23/h4,6,9,11,13,17H,2-3,5,7-8,10,12,15H2,1H3,(H2,24,29)(H,25,26,27). The number of hydrogen-bond acceptors (Lipinski definition) is 6. The molecule has 1 amide bonds. The number of carbonyl (C=O) groups is 1. The number of nitrogens with zero attached hydrogens (tertiary/aromatic N) is 4. The van der Waals surface area contributed by atoms with Gasteiger partial charge in [0.1, 0.15) is 5.82 Å². The summed E-state index contributed by atoms with van der Waals surface area (Å²) in [6.45, 7) is 3.84. The summed E-state index contributed by atoms with van der Waals surface area (Å²) in [6.07, 6.45) is 5.48. The van der Waals surface area contributed by atoms with E-state index in [0.717, 1.165) is 62.4 Å². The molecule has 3 N–H and O–H groups in total. The van der Waals surface area contributed by atoms with E-state index >= 15 is 0 Å². The van der Waals surface area contributed by atoms with Crippen LogP contribution in [0.5, 0.6) is 0 Å². The lowest BCUT2D eigenvalue weighted by molar-refractivity contribution is -0.118. The molecule has 1 aliphatic rings. The van der Waals surface area contributed by atoms with Crippen molar-refractivity contribution in [1.82, 2.24) is 9.97 Å². The lowest BCUT2D eigenvalue weighted by Gasteiger charge is -2.33. The summed E-state index contributed by atoms with van der Waals surface area (Å²) in [4.78, 5) is 23.0. The highest BCUT2D eigenvalue weighted by Gasteiger charge is 2.23. The average Bonchev–Trinajstić information content (AvgIpc) is 2.72. The quantitative estimate of drug-likeness (QED) is 0.711. The van der Waals surface area contributed by atoms with Crippen LogP contribution < -0.4 is 16.0 Å². The van der Waals surface area contributed by atoms with Gasteiger partial charge in [-0.2, -0.15) is 10.2 Å². The summed E-state index contributed by atoms with van der Waals surface area (Å²) in [5, 5.41) is 12.4. The van der Waals surface area contributed by atoms with Crippen LogP contribution in [0.2, 0.25) is 0 Å². The number of amides is 1. The van der Waals surface area contributed by atoms with E-state index in [4.69, 9.17) is 16.0 Å². The molecule has 1 saturated heterocycles. The van der Waals surface area contributed by atoms with Gasteiger partial charge < -0.3 is 16.0 Å². The van der Waals surface area contributed by atoms with E-state index in [2.05, 4.69) is 34.3 Å². The van der Waals surface area contributed by atoms with Crippen molar-refractivity contribution >= 4 is 23.4 Å². The summed E-state index contributed by atoms with van der Waals surface area (Å²) >= 11 is 0. The first kappa shape index (κ1) is 20.6. The molecule has 152 valence electrons. The molecule has 3 rings (SSSR count). The maximum Gasteiger partial charge on any atom is 0.229 e. The first-order valence-electron chi connectivity index (χ1n) is 10.3. The second-order valence-corrected chi connectivity index (χ2v) is 7.59. The van der Waals surface area contributed by atoms with E-state index in [0.29, 0.717) is 17.9 Å². The molecule has 0 radical (unpaired) electrons. The number of hydrogen-bond donors (Lipinski definition) is 2. The lowest BCUT2D eigenvalue weighted by atomic mass is 9.94. The van der Waals surface area contributed by atoms with E-state index in [1.54, 1.807) is 12.1 Å². The molecule has 1 aliphatic heterocycles. The molecular formula is C22H28N6O. The number of rotatable bonds is 8. The number of benzene rings is 1. The zero-order valence-corrected chi connectivity index (χ0v) is 16.9. The normalized spacial score (nSPS) is 16.3. The molecule has 7 heteroatoms.